The molecule has 2 aliphatic rings. The van der Waals surface area contributed by atoms with Crippen LogP contribution in [0.2, 0.25) is 0 Å². The van der Waals surface area contributed by atoms with Gasteiger partial charge in [0.1, 0.15) is 31.1 Å². The molecule has 3 aromatic rings. The average Bonchev–Trinajstić information content (AvgIpc) is 3.19. The minimum atomic E-state index is -1.42. The maximum absolute atomic E-state index is 14.3. The molecule has 0 bridgehead atoms. The molecule has 6 atom stereocenters. The number of fused-ring (bicyclic) bond motifs is 2. The van der Waals surface area contributed by atoms with Gasteiger partial charge in [0.05, 0.1) is 30.1 Å². The third-order valence-electron chi connectivity index (χ3n) is 10.8. The second kappa shape index (κ2) is 21.2. The van der Waals surface area contributed by atoms with E-state index in [1.807, 2.05) is 68.1 Å². The molecule has 15 nitrogen and oxygen atoms in total. The summed E-state index contributed by atoms with van der Waals surface area (Å²) >= 11 is 0. The number of amides is 4. The Hall–Kier alpha value is -5.41. The van der Waals surface area contributed by atoms with Crippen molar-refractivity contribution in [2.24, 2.45) is 17.6 Å². The minimum Gasteiger partial charge on any atom is -0.461 e. The van der Waals surface area contributed by atoms with Crippen LogP contribution in [0.3, 0.4) is 0 Å². The summed E-state index contributed by atoms with van der Waals surface area (Å²) in [5, 5.41) is 9.62. The van der Waals surface area contributed by atoms with Crippen LogP contribution in [0.5, 0.6) is 0 Å². The smallest absolute Gasteiger partial charge is 0.332 e. The van der Waals surface area contributed by atoms with Crippen molar-refractivity contribution < 1.29 is 43.0 Å². The van der Waals surface area contributed by atoms with Crippen molar-refractivity contribution >= 4 is 46.5 Å². The van der Waals surface area contributed by atoms with Crippen molar-refractivity contribution in [1.29, 1.82) is 0 Å². The Morgan fingerprint density at radius 1 is 0.850 bits per heavy atom. The van der Waals surface area contributed by atoms with Gasteiger partial charge in [0, 0.05) is 17.5 Å². The van der Waals surface area contributed by atoms with E-state index in [0.717, 1.165) is 43.1 Å². The number of likely N-dealkylation sites (tertiary alicyclic amines) is 1. The lowest BCUT2D eigenvalue weighted by molar-refractivity contribution is -0.163. The van der Waals surface area contributed by atoms with Gasteiger partial charge in [0.15, 0.2) is 0 Å². The normalized spacial score (nSPS) is 19.6. The SMILES string of the molecule is CC(C)OC(=O)COCC(=O)O[C@H](CN1CC[C@H]2CCCC[C@H]2[C@H]1C(=O)NC(C)(C)C)[C@H](Cc1ccccc1)NC(=O)[C@H](CC(N)=O)NC(=O)c1ccc2ccccc2n1. The molecular formula is C45H60N6O9. The van der Waals surface area contributed by atoms with Crippen molar-refractivity contribution in [3.63, 3.8) is 0 Å². The van der Waals surface area contributed by atoms with Gasteiger partial charge in [-0.1, -0.05) is 73.9 Å². The molecule has 4 amide bonds. The number of nitrogens with one attached hydrogen (secondary N) is 3. The summed E-state index contributed by atoms with van der Waals surface area (Å²) in [6.45, 7) is 8.71. The number of piperidine rings is 1. The van der Waals surface area contributed by atoms with E-state index in [2.05, 4.69) is 20.9 Å². The number of esters is 2. The molecule has 1 aromatic heterocycles. The van der Waals surface area contributed by atoms with Crippen LogP contribution in [0.4, 0.5) is 0 Å². The van der Waals surface area contributed by atoms with Crippen LogP contribution in [-0.2, 0) is 44.6 Å². The number of hydrogen-bond acceptors (Lipinski definition) is 11. The van der Waals surface area contributed by atoms with Gasteiger partial charge in [-0.15, -0.1) is 0 Å². The maximum atomic E-state index is 14.3. The molecule has 2 heterocycles. The molecule has 60 heavy (non-hydrogen) atoms. The van der Waals surface area contributed by atoms with Gasteiger partial charge in [0.25, 0.3) is 5.91 Å². The van der Waals surface area contributed by atoms with Crippen molar-refractivity contribution in [1.82, 2.24) is 25.8 Å². The monoisotopic (exact) mass is 828 g/mol. The highest BCUT2D eigenvalue weighted by Gasteiger charge is 2.45. The van der Waals surface area contributed by atoms with E-state index in [-0.39, 0.29) is 36.6 Å². The van der Waals surface area contributed by atoms with E-state index in [4.69, 9.17) is 19.9 Å². The van der Waals surface area contributed by atoms with Gasteiger partial charge in [0.2, 0.25) is 17.7 Å². The van der Waals surface area contributed by atoms with Crippen molar-refractivity contribution in [3.05, 3.63) is 78.0 Å². The fourth-order valence-corrected chi connectivity index (χ4v) is 8.22. The number of nitrogens with two attached hydrogens (primary N) is 1. The van der Waals surface area contributed by atoms with Crippen LogP contribution in [-0.4, -0.2) is 108 Å². The molecular weight excluding hydrogens is 769 g/mol. The number of carbonyl (C=O) groups excluding carboxylic acids is 6. The number of carbonyl (C=O) groups is 6. The van der Waals surface area contributed by atoms with Gasteiger partial charge in [-0.3, -0.25) is 24.1 Å². The first-order valence-electron chi connectivity index (χ1n) is 20.9. The van der Waals surface area contributed by atoms with Gasteiger partial charge < -0.3 is 35.9 Å². The third kappa shape index (κ3) is 13.6. The lowest BCUT2D eigenvalue weighted by Crippen LogP contribution is -2.63. The molecule has 5 N–H and O–H groups in total. The van der Waals surface area contributed by atoms with Crippen LogP contribution in [0.1, 0.15) is 89.2 Å². The second-order valence-electron chi connectivity index (χ2n) is 17.1. The van der Waals surface area contributed by atoms with Gasteiger partial charge >= 0.3 is 11.9 Å². The summed E-state index contributed by atoms with van der Waals surface area (Å²) in [5.41, 5.74) is 6.51. The Kier molecular flexibility index (Phi) is 16.1. The van der Waals surface area contributed by atoms with E-state index in [9.17, 15) is 28.8 Å². The van der Waals surface area contributed by atoms with Crippen molar-refractivity contribution in [2.45, 2.75) is 115 Å². The summed E-state index contributed by atoms with van der Waals surface area (Å²) in [6.07, 6.45) is 3.03. The molecule has 1 saturated carbocycles. The molecule has 15 heteroatoms. The lowest BCUT2D eigenvalue weighted by Gasteiger charge is -2.48. The van der Waals surface area contributed by atoms with E-state index in [1.54, 1.807) is 32.0 Å². The Balaban J connectivity index is 1.46. The number of rotatable bonds is 18. The third-order valence-corrected chi connectivity index (χ3v) is 10.8. The first-order valence-corrected chi connectivity index (χ1v) is 20.9. The zero-order valence-corrected chi connectivity index (χ0v) is 35.3. The fraction of sp³-hybridized carbons (Fsp3) is 0.533. The zero-order chi connectivity index (χ0) is 43.4. The van der Waals surface area contributed by atoms with Gasteiger partial charge in [-0.2, -0.15) is 0 Å². The fourth-order valence-electron chi connectivity index (χ4n) is 8.22. The molecule has 324 valence electrons. The van der Waals surface area contributed by atoms with E-state index in [0.29, 0.717) is 18.0 Å². The number of primary amides is 1. The second-order valence-corrected chi connectivity index (χ2v) is 17.1. The molecule has 1 aliphatic heterocycles. The summed E-state index contributed by atoms with van der Waals surface area (Å²) in [6, 6.07) is 16.9. The minimum absolute atomic E-state index is 0.0339. The van der Waals surface area contributed by atoms with E-state index < -0.39 is 79.1 Å². The van der Waals surface area contributed by atoms with E-state index >= 15 is 0 Å². The largest absolute Gasteiger partial charge is 0.461 e. The topological polar surface area (TPSA) is 208 Å². The van der Waals surface area contributed by atoms with Crippen molar-refractivity contribution in [3.8, 4) is 0 Å². The molecule has 1 aliphatic carbocycles. The molecule has 0 unspecified atom stereocenters. The molecule has 2 aromatic carbocycles. The zero-order valence-electron chi connectivity index (χ0n) is 35.3. The molecule has 2 fully saturated rings. The predicted molar refractivity (Wildman–Crippen MR) is 224 cm³/mol. The number of benzene rings is 2. The van der Waals surface area contributed by atoms with Crippen LogP contribution < -0.4 is 21.7 Å². The highest BCUT2D eigenvalue weighted by Crippen LogP contribution is 2.40. The number of aromatic nitrogens is 1. The average molecular weight is 829 g/mol. The first-order chi connectivity index (χ1) is 28.6. The standard InChI is InChI=1S/C45H60N6O9/c1-28(2)59-39(53)26-58-27-40(54)60-37(25-51-22-21-30-15-9-11-17-32(30)41(51)44(57)50-45(3,4)5)35(23-29-13-7-6-8-14-29)48-43(56)36(24-38(46)52)49-42(55)34-20-19-31-16-10-12-18-33(31)47-34/h6-8,10,12-14,16,18-20,28,30,32,35-37,41H,9,11,15,17,21-27H2,1-5H3,(H2,46,52)(H,48,56)(H,49,55)(H,50,57)/t30-,32-,35+,36+,37-,41+/m1/s1. The summed E-state index contributed by atoms with van der Waals surface area (Å²) in [4.78, 5) is 86.7. The Morgan fingerprint density at radius 3 is 2.23 bits per heavy atom. The van der Waals surface area contributed by atoms with Crippen molar-refractivity contribution in [2.75, 3.05) is 26.3 Å². The molecule has 5 rings (SSSR count). The summed E-state index contributed by atoms with van der Waals surface area (Å²) in [5.74, 6) is -3.41. The van der Waals surface area contributed by atoms with Crippen LogP contribution >= 0.6 is 0 Å². The molecule has 1 saturated heterocycles. The maximum Gasteiger partial charge on any atom is 0.332 e. The number of nitrogens with zero attached hydrogens (tertiary/aromatic N) is 2. The van der Waals surface area contributed by atoms with Gasteiger partial charge in [-0.05, 0) is 90.0 Å². The predicted octanol–water partition coefficient (Wildman–Crippen LogP) is 3.61. The molecule has 0 spiro atoms. The Morgan fingerprint density at radius 2 is 1.53 bits per heavy atom. The lowest BCUT2D eigenvalue weighted by atomic mass is 9.70. The quantitative estimate of drug-likeness (QED) is 0.136. The summed E-state index contributed by atoms with van der Waals surface area (Å²) < 4.78 is 16.7. The first kappa shape index (κ1) is 45.7. The number of pyridine rings is 1. The van der Waals surface area contributed by atoms with Gasteiger partial charge in [-0.25, -0.2) is 14.6 Å². The highest BCUT2D eigenvalue weighted by molar-refractivity contribution is 5.99. The molecule has 0 radical (unpaired) electrons. The number of hydrogen-bond donors (Lipinski definition) is 4. The summed E-state index contributed by atoms with van der Waals surface area (Å²) in [7, 11) is 0. The van der Waals surface area contributed by atoms with Crippen LogP contribution in [0.15, 0.2) is 66.7 Å². The van der Waals surface area contributed by atoms with Crippen LogP contribution in [0, 0.1) is 11.8 Å². The highest BCUT2D eigenvalue weighted by atomic mass is 16.6. The Bertz CT molecular complexity index is 1970. The van der Waals surface area contributed by atoms with Crippen LogP contribution in [0.25, 0.3) is 10.9 Å². The van der Waals surface area contributed by atoms with E-state index in [1.165, 1.54) is 6.07 Å². The Labute approximate surface area is 351 Å². The number of para-hydroxylation sites is 1. The number of ether oxygens (including phenoxy) is 3.